The fraction of sp³-hybridized carbons (Fsp3) is 0.312. The molecule has 0 saturated heterocycles. The van der Waals surface area contributed by atoms with E-state index in [1.54, 1.807) is 11.3 Å². The minimum atomic E-state index is -0.0700. The van der Waals surface area contributed by atoms with Crippen LogP contribution in [-0.4, -0.2) is 16.7 Å². The Morgan fingerprint density at radius 1 is 1.11 bits per heavy atom. The van der Waals surface area contributed by atoms with Gasteiger partial charge in [0.2, 0.25) is 0 Å². The molecular weight excluding hydrogens is 601 g/mol. The van der Waals surface area contributed by atoms with Gasteiger partial charge in [-0.25, -0.2) is 4.99 Å². The topological polar surface area (TPSA) is 46.4 Å². The van der Waals surface area contributed by atoms with Crippen LogP contribution < -0.4 is 5.32 Å². The van der Waals surface area contributed by atoms with E-state index >= 15 is 0 Å². The third kappa shape index (κ3) is 5.52. The summed E-state index contributed by atoms with van der Waals surface area (Å²) < 4.78 is 3.47. The molecule has 0 radical (unpaired) electrons. The van der Waals surface area contributed by atoms with E-state index in [4.69, 9.17) is 4.99 Å². The lowest BCUT2D eigenvalue weighted by molar-refractivity contribution is 0.102. The van der Waals surface area contributed by atoms with Crippen molar-refractivity contribution in [3.05, 3.63) is 97.2 Å². The van der Waals surface area contributed by atoms with Crippen molar-refractivity contribution in [2.75, 3.05) is 5.32 Å². The second kappa shape index (κ2) is 10.8. The summed E-state index contributed by atoms with van der Waals surface area (Å²) in [7, 11) is 0. The van der Waals surface area contributed by atoms with E-state index < -0.39 is 0 Å². The zero-order valence-corrected chi connectivity index (χ0v) is 25.6. The number of fused-ring (bicyclic) bond motifs is 1. The van der Waals surface area contributed by atoms with Gasteiger partial charge in [0, 0.05) is 43.0 Å². The molecule has 0 aliphatic heterocycles. The molecule has 1 aliphatic carbocycles. The number of thiophene rings is 1. The molecule has 6 heteroatoms. The molecule has 2 aromatic heterocycles. The second-order valence-corrected chi connectivity index (χ2v) is 13.5. The van der Waals surface area contributed by atoms with Crippen LogP contribution in [0.4, 0.5) is 10.7 Å². The first kappa shape index (κ1) is 26.9. The lowest BCUT2D eigenvalue weighted by atomic mass is 9.72. The monoisotopic (exact) mass is 635 g/mol. The van der Waals surface area contributed by atoms with Gasteiger partial charge in [-0.2, -0.15) is 0 Å². The molecule has 0 spiro atoms. The van der Waals surface area contributed by atoms with Crippen LogP contribution in [0.2, 0.25) is 0 Å². The van der Waals surface area contributed by atoms with Crippen molar-refractivity contribution < 1.29 is 4.79 Å². The number of rotatable bonds is 5. The summed E-state index contributed by atoms with van der Waals surface area (Å²) in [5, 5.41) is 3.92. The first-order chi connectivity index (χ1) is 18.1. The Morgan fingerprint density at radius 3 is 2.50 bits per heavy atom. The van der Waals surface area contributed by atoms with Crippen molar-refractivity contribution in [2.45, 2.75) is 53.9 Å². The SMILES string of the molecule is Cc1cc(C=Nc2sc3c(c2C(=O)Nc2ccccc2)CC[C@@H](C(C)(C)C)C3)c(C)n1-c1ccc(I)cc1. The maximum atomic E-state index is 13.6. The van der Waals surface area contributed by atoms with Crippen LogP contribution in [0.25, 0.3) is 5.69 Å². The molecule has 1 atom stereocenters. The van der Waals surface area contributed by atoms with Crippen molar-refractivity contribution in [2.24, 2.45) is 16.3 Å². The Morgan fingerprint density at radius 2 is 1.82 bits per heavy atom. The average Bonchev–Trinajstić information content (AvgIpc) is 3.39. The normalized spacial score (nSPS) is 15.6. The molecule has 1 amide bonds. The number of nitrogens with one attached hydrogen (secondary N) is 1. The first-order valence-corrected chi connectivity index (χ1v) is 15.0. The van der Waals surface area contributed by atoms with Crippen molar-refractivity contribution in [1.82, 2.24) is 4.57 Å². The van der Waals surface area contributed by atoms with Gasteiger partial charge in [0.25, 0.3) is 5.91 Å². The first-order valence-electron chi connectivity index (χ1n) is 13.1. The van der Waals surface area contributed by atoms with E-state index in [2.05, 4.69) is 97.4 Å². The van der Waals surface area contributed by atoms with Gasteiger partial charge >= 0.3 is 0 Å². The Kier molecular flexibility index (Phi) is 7.65. The zero-order chi connectivity index (χ0) is 27.0. The summed E-state index contributed by atoms with van der Waals surface area (Å²) in [5.41, 5.74) is 7.46. The lowest BCUT2D eigenvalue weighted by Gasteiger charge is -2.33. The molecular formula is C32H34IN3OS. The van der Waals surface area contributed by atoms with E-state index in [0.717, 1.165) is 58.2 Å². The number of aliphatic imine (C=N–C) groups is 1. The number of carbonyl (C=O) groups excluding carboxylic acids is 1. The summed E-state index contributed by atoms with van der Waals surface area (Å²) in [5.74, 6) is 0.530. The highest BCUT2D eigenvalue weighted by molar-refractivity contribution is 14.1. The second-order valence-electron chi connectivity index (χ2n) is 11.2. The molecule has 0 unspecified atom stereocenters. The van der Waals surface area contributed by atoms with Crippen molar-refractivity contribution in [3.8, 4) is 5.69 Å². The van der Waals surface area contributed by atoms with E-state index in [-0.39, 0.29) is 11.3 Å². The largest absolute Gasteiger partial charge is 0.322 e. The Bertz CT molecular complexity index is 1490. The highest BCUT2D eigenvalue weighted by atomic mass is 127. The molecule has 5 rings (SSSR count). The molecule has 196 valence electrons. The predicted octanol–water partition coefficient (Wildman–Crippen LogP) is 8.91. The van der Waals surface area contributed by atoms with Gasteiger partial charge in [-0.1, -0.05) is 39.0 Å². The number of aromatic nitrogens is 1. The van der Waals surface area contributed by atoms with Crippen molar-refractivity contribution in [1.29, 1.82) is 0 Å². The summed E-state index contributed by atoms with van der Waals surface area (Å²) in [6, 6.07) is 20.4. The van der Waals surface area contributed by atoms with Crippen LogP contribution in [0.5, 0.6) is 0 Å². The molecule has 0 saturated carbocycles. The third-order valence-corrected chi connectivity index (χ3v) is 9.49. The maximum absolute atomic E-state index is 13.6. The molecule has 38 heavy (non-hydrogen) atoms. The number of hydrogen-bond donors (Lipinski definition) is 1. The average molecular weight is 636 g/mol. The van der Waals surface area contributed by atoms with Gasteiger partial charge in [0.1, 0.15) is 5.00 Å². The van der Waals surface area contributed by atoms with E-state index in [1.807, 2.05) is 36.5 Å². The fourth-order valence-corrected chi connectivity index (χ4v) is 7.01. The Labute approximate surface area is 243 Å². The minimum Gasteiger partial charge on any atom is -0.322 e. The number of nitrogens with zero attached hydrogens (tertiary/aromatic N) is 2. The number of amides is 1. The fourth-order valence-electron chi connectivity index (χ4n) is 5.38. The van der Waals surface area contributed by atoms with E-state index in [1.165, 1.54) is 14.0 Å². The molecule has 4 aromatic rings. The molecule has 4 nitrogen and oxygen atoms in total. The number of benzene rings is 2. The van der Waals surface area contributed by atoms with Gasteiger partial charge in [-0.15, -0.1) is 11.3 Å². The smallest absolute Gasteiger partial charge is 0.259 e. The molecule has 2 heterocycles. The Balaban J connectivity index is 1.52. The highest BCUT2D eigenvalue weighted by Gasteiger charge is 2.33. The van der Waals surface area contributed by atoms with E-state index in [9.17, 15) is 4.79 Å². The summed E-state index contributed by atoms with van der Waals surface area (Å²) in [4.78, 5) is 19.9. The number of anilines is 1. The van der Waals surface area contributed by atoms with E-state index in [0.29, 0.717) is 5.92 Å². The van der Waals surface area contributed by atoms with Crippen LogP contribution in [0.15, 0.2) is 65.7 Å². The standard InChI is InChI=1S/C32H34IN3OS/c1-20-17-22(21(2)36(20)26-14-12-24(33)13-15-26)19-34-31-29(30(37)35-25-9-7-6-8-10-25)27-16-11-23(32(3,4)5)18-28(27)38-31/h6-10,12-15,17,19,23H,11,16,18H2,1-5H3,(H,35,37)/t23-/m1/s1. The molecule has 0 fully saturated rings. The molecule has 2 aromatic carbocycles. The lowest BCUT2D eigenvalue weighted by Crippen LogP contribution is -2.27. The molecule has 0 bridgehead atoms. The maximum Gasteiger partial charge on any atom is 0.259 e. The summed E-state index contributed by atoms with van der Waals surface area (Å²) in [6.07, 6.45) is 4.95. The number of hydrogen-bond acceptors (Lipinski definition) is 3. The van der Waals surface area contributed by atoms with Crippen LogP contribution >= 0.6 is 33.9 Å². The van der Waals surface area contributed by atoms with Crippen molar-refractivity contribution in [3.63, 3.8) is 0 Å². The Hall–Kier alpha value is -2.71. The van der Waals surface area contributed by atoms with Crippen LogP contribution in [0, 0.1) is 28.8 Å². The van der Waals surface area contributed by atoms with Gasteiger partial charge in [0.15, 0.2) is 0 Å². The van der Waals surface area contributed by atoms with Gasteiger partial charge in [0.05, 0.1) is 5.56 Å². The van der Waals surface area contributed by atoms with Crippen LogP contribution in [0.1, 0.15) is 64.9 Å². The number of aryl methyl sites for hydroxylation is 1. The van der Waals surface area contributed by atoms with Gasteiger partial charge in [-0.3, -0.25) is 4.79 Å². The molecule has 1 aliphatic rings. The zero-order valence-electron chi connectivity index (χ0n) is 22.6. The summed E-state index contributed by atoms with van der Waals surface area (Å²) >= 11 is 4.02. The van der Waals surface area contributed by atoms with Crippen LogP contribution in [-0.2, 0) is 12.8 Å². The number of para-hydroxylation sites is 1. The number of halogens is 1. The summed E-state index contributed by atoms with van der Waals surface area (Å²) in [6.45, 7) is 11.2. The third-order valence-electron chi connectivity index (χ3n) is 7.61. The quantitative estimate of drug-likeness (QED) is 0.173. The number of carbonyl (C=O) groups is 1. The minimum absolute atomic E-state index is 0.0700. The predicted molar refractivity (Wildman–Crippen MR) is 169 cm³/mol. The van der Waals surface area contributed by atoms with Crippen molar-refractivity contribution >= 4 is 56.7 Å². The van der Waals surface area contributed by atoms with Gasteiger partial charge in [-0.05, 0) is 115 Å². The molecule has 1 N–H and O–H groups in total. The highest BCUT2D eigenvalue weighted by Crippen LogP contribution is 2.45. The van der Waals surface area contributed by atoms with Gasteiger partial charge < -0.3 is 9.88 Å². The van der Waals surface area contributed by atoms with Crippen LogP contribution in [0.3, 0.4) is 0 Å².